The van der Waals surface area contributed by atoms with Crippen molar-refractivity contribution in [3.8, 4) is 0 Å². The third-order valence-corrected chi connectivity index (χ3v) is 6.11. The van der Waals surface area contributed by atoms with Crippen LogP contribution < -0.4 is 0 Å². The van der Waals surface area contributed by atoms with Gasteiger partial charge in [0.15, 0.2) is 14.2 Å². The van der Waals surface area contributed by atoms with E-state index in [0.717, 1.165) is 0 Å². The first-order valence-electron chi connectivity index (χ1n) is 3.37. The topological polar surface area (TPSA) is 49.7 Å². The van der Waals surface area contributed by atoms with Crippen molar-refractivity contribution in [2.24, 2.45) is 0 Å². The molecule has 0 bridgehead atoms. The minimum atomic E-state index is -1.73. The van der Waals surface area contributed by atoms with E-state index < -0.39 is 23.3 Å². The predicted octanol–water partition coefficient (Wildman–Crippen LogP) is 0.0414. The maximum absolute atomic E-state index is 8.70. The normalized spacial score (nSPS) is 15.9. The average Bonchev–Trinajstić information content (AvgIpc) is 1.60. The Bertz CT molecular complexity index is 99.6. The fraction of sp³-hybridized carbons (Fsp3) is 1.00. The summed E-state index contributed by atoms with van der Waals surface area (Å²) in [5.41, 5.74) is 0. The third-order valence-electron chi connectivity index (χ3n) is 0.959. The molecule has 5 heteroatoms. The smallest absolute Gasteiger partial charge is 0.223 e. The third kappa shape index (κ3) is 5.13. The average molecular weight is 180 g/mol. The monoisotopic (exact) mass is 180 g/mol. The number of rotatable bonds is 3. The van der Waals surface area contributed by atoms with E-state index in [4.69, 9.17) is 14.3 Å². The van der Waals surface area contributed by atoms with E-state index in [1.54, 1.807) is 6.55 Å². The van der Waals surface area contributed by atoms with Crippen molar-refractivity contribution in [2.75, 3.05) is 0 Å². The van der Waals surface area contributed by atoms with Crippen molar-refractivity contribution < 1.29 is 14.3 Å². The molecule has 2 N–H and O–H groups in total. The molecule has 0 saturated heterocycles. The van der Waals surface area contributed by atoms with Gasteiger partial charge in [-0.3, -0.25) is 0 Å². The first-order chi connectivity index (χ1) is 4.33. The highest BCUT2D eigenvalue weighted by Crippen LogP contribution is 2.05. The summed E-state index contributed by atoms with van der Waals surface area (Å²) in [6, 6.07) is 0. The Morgan fingerprint density at radius 1 is 1.30 bits per heavy atom. The molecule has 0 aromatic rings. The van der Waals surface area contributed by atoms with Crippen LogP contribution in [0.2, 0.25) is 26.2 Å². The predicted molar refractivity (Wildman–Crippen MR) is 45.7 cm³/mol. The molecular weight excluding hydrogens is 164 g/mol. The largest absolute Gasteiger partial charge is 0.455 e. The van der Waals surface area contributed by atoms with E-state index in [1.807, 2.05) is 19.6 Å². The molecule has 1 atom stereocenters. The van der Waals surface area contributed by atoms with E-state index in [-0.39, 0.29) is 0 Å². The zero-order chi connectivity index (χ0) is 8.36. The standard InChI is InChI=1S/C5H16O3Si2/c1-9(5(6)7)8-10(2,3)4/h5-7,9H,1-4H3. The summed E-state index contributed by atoms with van der Waals surface area (Å²) in [6.45, 7) is 7.92. The highest BCUT2D eigenvalue weighted by molar-refractivity contribution is 6.77. The molecular formula is C5H16O3Si2. The molecule has 0 heterocycles. The summed E-state index contributed by atoms with van der Waals surface area (Å²) in [5.74, 6) is -1.22. The van der Waals surface area contributed by atoms with E-state index in [0.29, 0.717) is 0 Å². The maximum atomic E-state index is 8.70. The minimum absolute atomic E-state index is 1.22. The van der Waals surface area contributed by atoms with Gasteiger partial charge in [-0.05, 0) is 26.2 Å². The minimum Gasteiger partial charge on any atom is -0.455 e. The van der Waals surface area contributed by atoms with E-state index in [9.17, 15) is 0 Å². The molecule has 0 amide bonds. The molecule has 0 rings (SSSR count). The Morgan fingerprint density at radius 3 is 1.80 bits per heavy atom. The van der Waals surface area contributed by atoms with Crippen LogP contribution in [0.25, 0.3) is 0 Å². The zero-order valence-corrected chi connectivity index (χ0v) is 9.11. The fourth-order valence-electron chi connectivity index (χ4n) is 0.619. The van der Waals surface area contributed by atoms with Gasteiger partial charge in [0.05, 0.1) is 0 Å². The molecule has 1 unspecified atom stereocenters. The summed E-state index contributed by atoms with van der Waals surface area (Å²) in [6.07, 6.45) is 0. The van der Waals surface area contributed by atoms with Crippen LogP contribution in [0, 0.1) is 0 Å². The number of aliphatic hydroxyl groups is 2. The maximum Gasteiger partial charge on any atom is 0.223 e. The lowest BCUT2D eigenvalue weighted by molar-refractivity contribution is 0.0169. The lowest BCUT2D eigenvalue weighted by Crippen LogP contribution is -2.40. The van der Waals surface area contributed by atoms with Crippen LogP contribution >= 0.6 is 0 Å². The van der Waals surface area contributed by atoms with Crippen molar-refractivity contribution in [1.82, 2.24) is 0 Å². The Labute approximate surface area is 64.5 Å². The first-order valence-corrected chi connectivity index (χ1v) is 9.07. The molecule has 0 aliphatic heterocycles. The van der Waals surface area contributed by atoms with Gasteiger partial charge in [0, 0.05) is 0 Å². The van der Waals surface area contributed by atoms with Crippen molar-refractivity contribution in [2.45, 2.75) is 32.1 Å². The van der Waals surface area contributed by atoms with Gasteiger partial charge in [-0.1, -0.05) is 0 Å². The van der Waals surface area contributed by atoms with Gasteiger partial charge >= 0.3 is 0 Å². The summed E-state index contributed by atoms with van der Waals surface area (Å²) >= 11 is 0. The molecule has 0 aromatic heterocycles. The lowest BCUT2D eigenvalue weighted by Gasteiger charge is -2.23. The molecule has 0 aliphatic rings. The van der Waals surface area contributed by atoms with Crippen molar-refractivity contribution in [1.29, 1.82) is 0 Å². The first kappa shape index (κ1) is 10.3. The molecule has 0 aromatic carbocycles. The fourth-order valence-corrected chi connectivity index (χ4v) is 5.57. The Balaban J connectivity index is 3.68. The summed E-state index contributed by atoms with van der Waals surface area (Å²) in [4.78, 5) is 0. The van der Waals surface area contributed by atoms with E-state index in [2.05, 4.69) is 0 Å². The van der Waals surface area contributed by atoms with Gasteiger partial charge in [-0.2, -0.15) is 0 Å². The second-order valence-electron chi connectivity index (χ2n) is 3.35. The Hall–Kier alpha value is 0.314. The molecule has 0 aliphatic carbocycles. The van der Waals surface area contributed by atoms with Gasteiger partial charge in [-0.25, -0.2) is 0 Å². The zero-order valence-electron chi connectivity index (χ0n) is 6.96. The molecule has 0 spiro atoms. The van der Waals surface area contributed by atoms with Crippen LogP contribution in [0.3, 0.4) is 0 Å². The number of hydrogen-bond acceptors (Lipinski definition) is 3. The van der Waals surface area contributed by atoms with Crippen molar-refractivity contribution >= 4 is 17.4 Å². The highest BCUT2D eigenvalue weighted by Gasteiger charge is 2.22. The quantitative estimate of drug-likeness (QED) is 0.476. The van der Waals surface area contributed by atoms with Crippen LogP contribution in [0.4, 0.5) is 0 Å². The van der Waals surface area contributed by atoms with Gasteiger partial charge < -0.3 is 14.3 Å². The van der Waals surface area contributed by atoms with E-state index >= 15 is 0 Å². The lowest BCUT2D eigenvalue weighted by atomic mass is 11.5. The van der Waals surface area contributed by atoms with Crippen molar-refractivity contribution in [3.63, 3.8) is 0 Å². The highest BCUT2D eigenvalue weighted by atomic mass is 28.4. The number of hydrogen-bond donors (Lipinski definition) is 2. The summed E-state index contributed by atoms with van der Waals surface area (Å²) in [5, 5.41) is 17.4. The molecule has 3 nitrogen and oxygen atoms in total. The van der Waals surface area contributed by atoms with Crippen molar-refractivity contribution in [3.05, 3.63) is 0 Å². The van der Waals surface area contributed by atoms with Gasteiger partial charge in [0.2, 0.25) is 9.04 Å². The van der Waals surface area contributed by atoms with Gasteiger partial charge in [-0.15, -0.1) is 0 Å². The Morgan fingerprint density at radius 2 is 1.70 bits per heavy atom. The summed E-state index contributed by atoms with van der Waals surface area (Å²) in [7, 11) is -3.27. The molecule has 0 radical (unpaired) electrons. The Kier molecular flexibility index (Phi) is 3.75. The number of aliphatic hydroxyl groups excluding tert-OH is 1. The van der Waals surface area contributed by atoms with Crippen LogP contribution in [0.1, 0.15) is 0 Å². The van der Waals surface area contributed by atoms with Crippen LogP contribution in [-0.4, -0.2) is 33.5 Å². The second-order valence-corrected chi connectivity index (χ2v) is 10.5. The second kappa shape index (κ2) is 3.63. The van der Waals surface area contributed by atoms with Gasteiger partial charge in [0.25, 0.3) is 0 Å². The van der Waals surface area contributed by atoms with Crippen LogP contribution in [-0.2, 0) is 4.12 Å². The van der Waals surface area contributed by atoms with Crippen LogP contribution in [0.15, 0.2) is 0 Å². The molecule has 0 fully saturated rings. The summed E-state index contributed by atoms with van der Waals surface area (Å²) < 4.78 is 5.48. The molecule has 0 saturated carbocycles. The van der Waals surface area contributed by atoms with Crippen LogP contribution in [0.5, 0.6) is 0 Å². The molecule has 62 valence electrons. The van der Waals surface area contributed by atoms with Gasteiger partial charge in [0.1, 0.15) is 0 Å². The molecule has 10 heavy (non-hydrogen) atoms. The van der Waals surface area contributed by atoms with E-state index in [1.165, 1.54) is 0 Å². The SMILES string of the molecule is C[SiH](O[Si](C)(C)C)C(O)O.